The second kappa shape index (κ2) is 4.51. The predicted molar refractivity (Wildman–Crippen MR) is 74.9 cm³/mol. The summed E-state index contributed by atoms with van der Waals surface area (Å²) in [6.07, 6.45) is 1.44. The average molecular weight is 282 g/mol. The highest BCUT2D eigenvalue weighted by Gasteiger charge is 2.22. The first kappa shape index (κ1) is 12.5. The van der Waals surface area contributed by atoms with Crippen molar-refractivity contribution in [1.82, 2.24) is 4.98 Å². The Hall–Kier alpha value is -2.58. The van der Waals surface area contributed by atoms with E-state index >= 15 is 0 Å². The molecule has 5 heteroatoms. The van der Waals surface area contributed by atoms with Crippen LogP contribution in [0.3, 0.4) is 0 Å². The van der Waals surface area contributed by atoms with Crippen molar-refractivity contribution in [1.29, 1.82) is 5.26 Å². The van der Waals surface area contributed by atoms with Crippen LogP contribution in [-0.2, 0) is 9.84 Å². The van der Waals surface area contributed by atoms with Crippen LogP contribution >= 0.6 is 0 Å². The summed E-state index contributed by atoms with van der Waals surface area (Å²) in [5.41, 5.74) is 0.983. The molecule has 0 fully saturated rings. The van der Waals surface area contributed by atoms with Gasteiger partial charge in [-0.25, -0.2) is 8.42 Å². The van der Waals surface area contributed by atoms with Gasteiger partial charge in [0, 0.05) is 17.1 Å². The molecule has 0 atom stereocenters. The van der Waals surface area contributed by atoms with E-state index in [4.69, 9.17) is 5.26 Å². The smallest absolute Gasteiger partial charge is 0.208 e. The summed E-state index contributed by atoms with van der Waals surface area (Å²) < 4.78 is 25.3. The molecule has 1 heterocycles. The number of rotatable bonds is 2. The fourth-order valence-corrected chi connectivity index (χ4v) is 3.66. The third-order valence-corrected chi connectivity index (χ3v) is 4.93. The van der Waals surface area contributed by atoms with Crippen LogP contribution in [0.15, 0.2) is 64.5 Å². The molecule has 4 nitrogen and oxygen atoms in total. The lowest BCUT2D eigenvalue weighted by Crippen LogP contribution is -2.01. The minimum absolute atomic E-state index is 0.135. The van der Waals surface area contributed by atoms with Crippen LogP contribution in [-0.4, -0.2) is 13.4 Å². The highest BCUT2D eigenvalue weighted by Crippen LogP contribution is 2.30. The Balaban J connectivity index is 2.34. The molecule has 98 valence electrons. The van der Waals surface area contributed by atoms with E-state index in [2.05, 4.69) is 4.98 Å². The SMILES string of the molecule is N#Cc1cccc2[nH]cc(S(=O)(=O)c3ccccc3)c12. The van der Waals surface area contributed by atoms with Crippen LogP contribution in [0, 0.1) is 11.3 Å². The van der Waals surface area contributed by atoms with E-state index in [0.717, 1.165) is 0 Å². The van der Waals surface area contributed by atoms with Gasteiger partial charge in [-0.05, 0) is 24.3 Å². The Morgan fingerprint density at radius 1 is 1.00 bits per heavy atom. The van der Waals surface area contributed by atoms with Crippen molar-refractivity contribution in [3.63, 3.8) is 0 Å². The molecule has 3 rings (SSSR count). The van der Waals surface area contributed by atoms with Crippen molar-refractivity contribution in [2.45, 2.75) is 9.79 Å². The lowest BCUT2D eigenvalue weighted by molar-refractivity contribution is 0.597. The molecule has 0 saturated carbocycles. The Labute approximate surface area is 116 Å². The molecule has 0 bridgehead atoms. The molecule has 1 aromatic heterocycles. The molecule has 0 radical (unpaired) electrons. The van der Waals surface area contributed by atoms with Crippen LogP contribution in [0.4, 0.5) is 0 Å². The molecular weight excluding hydrogens is 272 g/mol. The third kappa shape index (κ3) is 1.78. The molecule has 1 N–H and O–H groups in total. The minimum atomic E-state index is -3.64. The maximum absolute atomic E-state index is 12.6. The average Bonchev–Trinajstić information content (AvgIpc) is 2.92. The molecular formula is C15H10N2O2S. The number of aromatic nitrogens is 1. The Kier molecular flexibility index (Phi) is 2.81. The van der Waals surface area contributed by atoms with E-state index in [-0.39, 0.29) is 9.79 Å². The number of sulfone groups is 1. The molecule has 0 spiro atoms. The maximum atomic E-state index is 12.6. The van der Waals surface area contributed by atoms with Gasteiger partial charge in [0.25, 0.3) is 0 Å². The van der Waals surface area contributed by atoms with Gasteiger partial charge < -0.3 is 4.98 Å². The second-order valence-electron chi connectivity index (χ2n) is 4.31. The van der Waals surface area contributed by atoms with Gasteiger partial charge in [0.05, 0.1) is 21.4 Å². The highest BCUT2D eigenvalue weighted by atomic mass is 32.2. The number of nitrogens with zero attached hydrogens (tertiary/aromatic N) is 1. The molecule has 0 aliphatic heterocycles. The van der Waals surface area contributed by atoms with Gasteiger partial charge in [-0.15, -0.1) is 0 Å². The van der Waals surface area contributed by atoms with Crippen molar-refractivity contribution in [3.8, 4) is 6.07 Å². The molecule has 0 unspecified atom stereocenters. The lowest BCUT2D eigenvalue weighted by atomic mass is 10.1. The zero-order chi connectivity index (χ0) is 14.2. The molecule has 0 aliphatic carbocycles. The van der Waals surface area contributed by atoms with Gasteiger partial charge in [-0.1, -0.05) is 24.3 Å². The summed E-state index contributed by atoms with van der Waals surface area (Å²) >= 11 is 0. The van der Waals surface area contributed by atoms with Gasteiger partial charge >= 0.3 is 0 Å². The number of aromatic amines is 1. The van der Waals surface area contributed by atoms with Gasteiger partial charge in [0.1, 0.15) is 0 Å². The fraction of sp³-hybridized carbons (Fsp3) is 0. The van der Waals surface area contributed by atoms with E-state index in [1.807, 2.05) is 6.07 Å². The van der Waals surface area contributed by atoms with Crippen molar-refractivity contribution < 1.29 is 8.42 Å². The summed E-state index contributed by atoms with van der Waals surface area (Å²) in [4.78, 5) is 3.26. The molecule has 2 aromatic carbocycles. The monoisotopic (exact) mass is 282 g/mol. The highest BCUT2D eigenvalue weighted by molar-refractivity contribution is 7.91. The molecule has 0 saturated heterocycles. The number of nitrogens with one attached hydrogen (secondary N) is 1. The van der Waals surface area contributed by atoms with E-state index < -0.39 is 9.84 Å². The molecule has 0 amide bonds. The van der Waals surface area contributed by atoms with E-state index in [0.29, 0.717) is 16.5 Å². The third-order valence-electron chi connectivity index (χ3n) is 3.13. The largest absolute Gasteiger partial charge is 0.360 e. The summed E-state index contributed by atoms with van der Waals surface area (Å²) in [5, 5.41) is 9.60. The van der Waals surface area contributed by atoms with Crippen molar-refractivity contribution >= 4 is 20.7 Å². The summed E-state index contributed by atoms with van der Waals surface area (Å²) in [5.74, 6) is 0. The summed E-state index contributed by atoms with van der Waals surface area (Å²) in [7, 11) is -3.64. The van der Waals surface area contributed by atoms with E-state index in [9.17, 15) is 8.42 Å². The second-order valence-corrected chi connectivity index (χ2v) is 6.23. The lowest BCUT2D eigenvalue weighted by Gasteiger charge is -2.03. The normalized spacial score (nSPS) is 11.3. The van der Waals surface area contributed by atoms with Crippen LogP contribution in [0.5, 0.6) is 0 Å². The minimum Gasteiger partial charge on any atom is -0.360 e. The zero-order valence-corrected chi connectivity index (χ0v) is 11.2. The number of fused-ring (bicyclic) bond motifs is 1. The molecule has 20 heavy (non-hydrogen) atoms. The van der Waals surface area contributed by atoms with Gasteiger partial charge in [0.2, 0.25) is 9.84 Å². The topological polar surface area (TPSA) is 73.7 Å². The van der Waals surface area contributed by atoms with Crippen molar-refractivity contribution in [2.24, 2.45) is 0 Å². The van der Waals surface area contributed by atoms with Crippen LogP contribution in [0.2, 0.25) is 0 Å². The zero-order valence-electron chi connectivity index (χ0n) is 10.4. The number of benzene rings is 2. The van der Waals surface area contributed by atoms with Crippen LogP contribution in [0.1, 0.15) is 5.56 Å². The standard InChI is InChI=1S/C15H10N2O2S/c16-9-11-5-4-8-13-15(11)14(10-17-13)20(18,19)12-6-2-1-3-7-12/h1-8,10,17H. The fourth-order valence-electron chi connectivity index (χ4n) is 2.19. The van der Waals surface area contributed by atoms with Crippen molar-refractivity contribution in [3.05, 3.63) is 60.3 Å². The Morgan fingerprint density at radius 2 is 1.75 bits per heavy atom. The Bertz CT molecular complexity index is 919. The van der Waals surface area contributed by atoms with E-state index in [1.54, 1.807) is 48.5 Å². The number of nitriles is 1. The maximum Gasteiger partial charge on any atom is 0.208 e. The summed E-state index contributed by atoms with van der Waals surface area (Å²) in [6, 6.07) is 15.3. The van der Waals surface area contributed by atoms with Crippen LogP contribution < -0.4 is 0 Å². The number of hydrogen-bond acceptors (Lipinski definition) is 3. The molecule has 0 aliphatic rings. The van der Waals surface area contributed by atoms with Crippen LogP contribution in [0.25, 0.3) is 10.9 Å². The first-order chi connectivity index (χ1) is 9.64. The number of H-pyrrole nitrogens is 1. The quantitative estimate of drug-likeness (QED) is 0.785. The summed E-state index contributed by atoms with van der Waals surface area (Å²) in [6.45, 7) is 0. The Morgan fingerprint density at radius 3 is 2.45 bits per heavy atom. The first-order valence-electron chi connectivity index (χ1n) is 5.95. The van der Waals surface area contributed by atoms with Gasteiger partial charge in [-0.3, -0.25) is 0 Å². The van der Waals surface area contributed by atoms with E-state index in [1.165, 1.54) is 6.20 Å². The van der Waals surface area contributed by atoms with Crippen molar-refractivity contribution in [2.75, 3.05) is 0 Å². The number of hydrogen-bond donors (Lipinski definition) is 1. The van der Waals surface area contributed by atoms with Gasteiger partial charge in [0.15, 0.2) is 0 Å². The predicted octanol–water partition coefficient (Wildman–Crippen LogP) is 2.87. The van der Waals surface area contributed by atoms with Gasteiger partial charge in [-0.2, -0.15) is 5.26 Å². The molecule has 3 aromatic rings. The first-order valence-corrected chi connectivity index (χ1v) is 7.43.